The molecule has 0 bridgehead atoms. The number of amides is 2. The van der Waals surface area contributed by atoms with Gasteiger partial charge in [-0.3, -0.25) is 4.79 Å². The minimum atomic E-state index is -0.949. The molecule has 0 aliphatic heterocycles. The second-order valence-corrected chi connectivity index (χ2v) is 5.40. The van der Waals surface area contributed by atoms with Gasteiger partial charge in [-0.15, -0.1) is 0 Å². The predicted octanol–water partition coefficient (Wildman–Crippen LogP) is 0.736. The fourth-order valence-electron chi connectivity index (χ4n) is 2.00. The largest absolute Gasteiger partial charge is 0.481 e. The number of hydrogen-bond donors (Lipinski definition) is 3. The van der Waals surface area contributed by atoms with Crippen LogP contribution in [0.25, 0.3) is 0 Å². The lowest BCUT2D eigenvalue weighted by Gasteiger charge is -2.22. The van der Waals surface area contributed by atoms with Crippen molar-refractivity contribution in [3.8, 4) is 0 Å². The van der Waals surface area contributed by atoms with Crippen molar-refractivity contribution in [3.63, 3.8) is 0 Å². The first-order chi connectivity index (χ1) is 9.35. The summed E-state index contributed by atoms with van der Waals surface area (Å²) in [4.78, 5) is 34.2. The van der Waals surface area contributed by atoms with Crippen LogP contribution in [0.15, 0.2) is 0 Å². The van der Waals surface area contributed by atoms with Crippen LogP contribution in [0.1, 0.15) is 33.1 Å². The highest BCUT2D eigenvalue weighted by Gasteiger charge is 2.34. The molecule has 114 valence electrons. The summed E-state index contributed by atoms with van der Waals surface area (Å²) in [6.45, 7) is 3.58. The van der Waals surface area contributed by atoms with Gasteiger partial charge in [0.2, 0.25) is 0 Å². The van der Waals surface area contributed by atoms with Gasteiger partial charge in [0.25, 0.3) is 0 Å². The SMILES string of the molecule is COC(=O)C(NC(=O)NC(CC(=O)O)C1CC1)C(C)C. The monoisotopic (exact) mass is 286 g/mol. The van der Waals surface area contributed by atoms with Crippen LogP contribution in [-0.4, -0.2) is 42.3 Å². The molecule has 7 heteroatoms. The molecule has 20 heavy (non-hydrogen) atoms. The van der Waals surface area contributed by atoms with E-state index in [1.165, 1.54) is 7.11 Å². The topological polar surface area (TPSA) is 105 Å². The zero-order chi connectivity index (χ0) is 15.3. The Bertz CT molecular complexity index is 379. The van der Waals surface area contributed by atoms with Crippen molar-refractivity contribution in [1.82, 2.24) is 10.6 Å². The highest BCUT2D eigenvalue weighted by molar-refractivity contribution is 5.84. The number of ether oxygens (including phenoxy) is 1. The molecule has 1 fully saturated rings. The van der Waals surface area contributed by atoms with E-state index in [9.17, 15) is 14.4 Å². The molecule has 2 amide bonds. The van der Waals surface area contributed by atoms with Gasteiger partial charge in [0.05, 0.1) is 13.5 Å². The van der Waals surface area contributed by atoms with Gasteiger partial charge in [0.15, 0.2) is 0 Å². The van der Waals surface area contributed by atoms with Crippen LogP contribution in [0, 0.1) is 11.8 Å². The predicted molar refractivity (Wildman–Crippen MR) is 71.1 cm³/mol. The van der Waals surface area contributed by atoms with Crippen LogP contribution in [0.2, 0.25) is 0 Å². The summed E-state index contributed by atoms with van der Waals surface area (Å²) in [5, 5.41) is 14.0. The zero-order valence-corrected chi connectivity index (χ0v) is 12.0. The van der Waals surface area contributed by atoms with E-state index in [1.54, 1.807) is 13.8 Å². The molecule has 0 aromatic rings. The maximum absolute atomic E-state index is 11.9. The Labute approximate surface area is 118 Å². The van der Waals surface area contributed by atoms with Crippen molar-refractivity contribution in [2.75, 3.05) is 7.11 Å². The number of carbonyl (C=O) groups is 3. The highest BCUT2D eigenvalue weighted by Crippen LogP contribution is 2.33. The summed E-state index contributed by atoms with van der Waals surface area (Å²) in [6, 6.07) is -1.67. The van der Waals surface area contributed by atoms with Crippen molar-refractivity contribution in [1.29, 1.82) is 0 Å². The first-order valence-electron chi connectivity index (χ1n) is 6.71. The van der Waals surface area contributed by atoms with E-state index in [4.69, 9.17) is 5.11 Å². The Hall–Kier alpha value is -1.79. The van der Waals surface area contributed by atoms with E-state index >= 15 is 0 Å². The number of carboxylic acid groups (broad SMARTS) is 1. The summed E-state index contributed by atoms with van der Waals surface area (Å²) in [5.74, 6) is -1.37. The average Bonchev–Trinajstić information content (AvgIpc) is 3.17. The van der Waals surface area contributed by atoms with Gasteiger partial charge in [-0.1, -0.05) is 13.8 Å². The van der Waals surface area contributed by atoms with E-state index in [-0.39, 0.29) is 18.3 Å². The summed E-state index contributed by atoms with van der Waals surface area (Å²) in [6.07, 6.45) is 1.73. The van der Waals surface area contributed by atoms with Crippen LogP contribution in [0.5, 0.6) is 0 Å². The summed E-state index contributed by atoms with van der Waals surface area (Å²) < 4.78 is 4.63. The molecule has 2 unspecified atom stereocenters. The van der Waals surface area contributed by atoms with Crippen LogP contribution in [-0.2, 0) is 14.3 Å². The minimum Gasteiger partial charge on any atom is -0.481 e. The molecule has 7 nitrogen and oxygen atoms in total. The van der Waals surface area contributed by atoms with Crippen LogP contribution in [0.4, 0.5) is 4.79 Å². The van der Waals surface area contributed by atoms with Crippen molar-refractivity contribution in [2.24, 2.45) is 11.8 Å². The Balaban J connectivity index is 2.55. The minimum absolute atomic E-state index is 0.108. The van der Waals surface area contributed by atoms with Crippen molar-refractivity contribution < 1.29 is 24.2 Å². The van der Waals surface area contributed by atoms with E-state index in [0.717, 1.165) is 12.8 Å². The number of aliphatic carboxylic acids is 1. The lowest BCUT2D eigenvalue weighted by molar-refractivity contribution is -0.144. The Morgan fingerprint density at radius 2 is 1.85 bits per heavy atom. The lowest BCUT2D eigenvalue weighted by Crippen LogP contribution is -2.52. The van der Waals surface area contributed by atoms with Gasteiger partial charge in [0.1, 0.15) is 6.04 Å². The molecule has 1 aliphatic carbocycles. The number of rotatable bonds is 7. The van der Waals surface area contributed by atoms with Crippen molar-refractivity contribution in [3.05, 3.63) is 0 Å². The van der Waals surface area contributed by atoms with E-state index in [0.29, 0.717) is 0 Å². The number of urea groups is 1. The lowest BCUT2D eigenvalue weighted by atomic mass is 10.0. The fourth-order valence-corrected chi connectivity index (χ4v) is 2.00. The highest BCUT2D eigenvalue weighted by atomic mass is 16.5. The molecular formula is C13H22N2O5. The van der Waals surface area contributed by atoms with Crippen molar-refractivity contribution in [2.45, 2.75) is 45.2 Å². The molecule has 0 aromatic carbocycles. The number of carboxylic acids is 1. The zero-order valence-electron chi connectivity index (χ0n) is 12.0. The summed E-state index contributed by atoms with van der Waals surface area (Å²) in [5.41, 5.74) is 0. The molecule has 0 spiro atoms. The smallest absolute Gasteiger partial charge is 0.328 e. The number of carbonyl (C=O) groups excluding carboxylic acids is 2. The molecule has 0 heterocycles. The van der Waals surface area contributed by atoms with E-state index in [1.807, 2.05) is 0 Å². The normalized spacial score (nSPS) is 17.2. The molecule has 1 aliphatic rings. The maximum Gasteiger partial charge on any atom is 0.328 e. The fraction of sp³-hybridized carbons (Fsp3) is 0.769. The molecule has 1 rings (SSSR count). The maximum atomic E-state index is 11.9. The molecule has 0 aromatic heterocycles. The summed E-state index contributed by atoms with van der Waals surface area (Å²) >= 11 is 0. The van der Waals surface area contributed by atoms with Gasteiger partial charge < -0.3 is 20.5 Å². The second kappa shape index (κ2) is 7.12. The van der Waals surface area contributed by atoms with Crippen LogP contribution < -0.4 is 10.6 Å². The molecular weight excluding hydrogens is 264 g/mol. The first kappa shape index (κ1) is 16.3. The number of hydrogen-bond acceptors (Lipinski definition) is 4. The Kier molecular flexibility index (Phi) is 5.79. The van der Waals surface area contributed by atoms with Gasteiger partial charge in [-0.2, -0.15) is 0 Å². The third-order valence-electron chi connectivity index (χ3n) is 3.31. The Morgan fingerprint density at radius 1 is 1.25 bits per heavy atom. The molecule has 2 atom stereocenters. The molecule has 1 saturated carbocycles. The van der Waals surface area contributed by atoms with Gasteiger partial charge in [-0.05, 0) is 24.7 Å². The van der Waals surface area contributed by atoms with Crippen LogP contribution in [0.3, 0.4) is 0 Å². The first-order valence-corrected chi connectivity index (χ1v) is 6.71. The van der Waals surface area contributed by atoms with Gasteiger partial charge in [0, 0.05) is 6.04 Å². The third kappa shape index (κ3) is 5.07. The summed E-state index contributed by atoms with van der Waals surface area (Å²) in [7, 11) is 1.26. The molecule has 3 N–H and O–H groups in total. The number of esters is 1. The van der Waals surface area contributed by atoms with Gasteiger partial charge >= 0.3 is 18.0 Å². The third-order valence-corrected chi connectivity index (χ3v) is 3.31. The quantitative estimate of drug-likeness (QED) is 0.599. The van der Waals surface area contributed by atoms with Crippen molar-refractivity contribution >= 4 is 18.0 Å². The van der Waals surface area contributed by atoms with E-state index < -0.39 is 30.1 Å². The average molecular weight is 286 g/mol. The van der Waals surface area contributed by atoms with E-state index in [2.05, 4.69) is 15.4 Å². The standard InChI is InChI=1S/C13H22N2O5/c1-7(2)11(12(18)20-3)15-13(19)14-9(6-10(16)17)8-4-5-8/h7-9,11H,4-6H2,1-3H3,(H,16,17)(H2,14,15,19). The molecule has 0 saturated heterocycles. The van der Waals surface area contributed by atoms with Gasteiger partial charge in [-0.25, -0.2) is 9.59 Å². The number of nitrogens with one attached hydrogen (secondary N) is 2. The number of methoxy groups -OCH3 is 1. The Morgan fingerprint density at radius 3 is 2.25 bits per heavy atom. The van der Waals surface area contributed by atoms with Crippen LogP contribution >= 0.6 is 0 Å². The molecule has 0 radical (unpaired) electrons. The second-order valence-electron chi connectivity index (χ2n) is 5.40.